The maximum absolute atomic E-state index is 13.1. The van der Waals surface area contributed by atoms with E-state index in [1.54, 1.807) is 7.11 Å². The molecule has 8 heteroatoms. The number of ether oxygens (including phenoxy) is 1. The van der Waals surface area contributed by atoms with Crippen LogP contribution in [0.4, 0.5) is 0 Å². The number of aromatic nitrogens is 5. The molecule has 0 bridgehead atoms. The van der Waals surface area contributed by atoms with Crippen LogP contribution in [0.5, 0.6) is 5.75 Å². The van der Waals surface area contributed by atoms with Gasteiger partial charge in [0.2, 0.25) is 0 Å². The Labute approximate surface area is 169 Å². The van der Waals surface area contributed by atoms with Gasteiger partial charge in [0.1, 0.15) is 11.8 Å². The highest BCUT2D eigenvalue weighted by atomic mass is 16.5. The van der Waals surface area contributed by atoms with Gasteiger partial charge in [-0.05, 0) is 80.9 Å². The summed E-state index contributed by atoms with van der Waals surface area (Å²) < 4.78 is 7.24. The number of methoxy groups -OCH3 is 1. The summed E-state index contributed by atoms with van der Waals surface area (Å²) in [5.74, 6) is 1.47. The Morgan fingerprint density at radius 2 is 2.00 bits per heavy atom. The van der Waals surface area contributed by atoms with Gasteiger partial charge in [-0.25, -0.2) is 4.68 Å². The van der Waals surface area contributed by atoms with Crippen LogP contribution >= 0.6 is 0 Å². The van der Waals surface area contributed by atoms with E-state index in [4.69, 9.17) is 4.74 Å². The summed E-state index contributed by atoms with van der Waals surface area (Å²) in [4.78, 5) is 18.5. The normalized spacial score (nSPS) is 16.4. The number of nitrogens with zero attached hydrogens (tertiary/aromatic N) is 5. The second-order valence-electron chi connectivity index (χ2n) is 8.27. The summed E-state index contributed by atoms with van der Waals surface area (Å²) in [7, 11) is 1.64. The molecule has 0 spiro atoms. The first-order valence-corrected chi connectivity index (χ1v) is 10.2. The maximum Gasteiger partial charge on any atom is 0.253 e. The van der Waals surface area contributed by atoms with Gasteiger partial charge < -0.3 is 9.72 Å². The van der Waals surface area contributed by atoms with Crippen LogP contribution in [0.2, 0.25) is 0 Å². The molecular weight excluding hydrogens is 368 g/mol. The van der Waals surface area contributed by atoms with E-state index < -0.39 is 0 Å². The molecule has 0 amide bonds. The molecule has 154 valence electrons. The first-order valence-electron chi connectivity index (χ1n) is 10.2. The number of H-pyrrole nitrogens is 1. The Balaban J connectivity index is 1.91. The average Bonchev–Trinajstić information content (AvgIpc) is 3.41. The molecule has 0 unspecified atom stereocenters. The van der Waals surface area contributed by atoms with Crippen LogP contribution in [-0.2, 0) is 5.54 Å². The Hall–Kier alpha value is -2.74. The highest BCUT2D eigenvalue weighted by Crippen LogP contribution is 2.32. The molecule has 3 aromatic rings. The van der Waals surface area contributed by atoms with Gasteiger partial charge in [-0.2, -0.15) is 0 Å². The lowest BCUT2D eigenvalue weighted by Crippen LogP contribution is -2.37. The second-order valence-corrected chi connectivity index (χ2v) is 8.27. The van der Waals surface area contributed by atoms with Crippen molar-refractivity contribution >= 4 is 10.9 Å². The monoisotopic (exact) mass is 396 g/mol. The standard InChI is InChI=1S/C21H28N6O2/c1-5-21(2,3)27-19(23-24-25-27)18(26-10-6-7-11-26)16-13-14-12-15(29-4)8-9-17(14)22-20(16)28/h8-9,12-13,18H,5-7,10-11H2,1-4H3,(H,22,28)/t18-/m0/s1. The number of nitrogens with one attached hydrogen (secondary N) is 1. The molecule has 3 heterocycles. The molecule has 1 aromatic carbocycles. The number of tetrazole rings is 1. The van der Waals surface area contributed by atoms with Crippen molar-refractivity contribution in [2.45, 2.75) is 51.6 Å². The van der Waals surface area contributed by atoms with Crippen molar-refractivity contribution in [3.63, 3.8) is 0 Å². The SMILES string of the molecule is CCC(C)(C)n1nnnc1[C@H](c1cc2cc(OC)ccc2[nH]c1=O)N1CCCC1. The van der Waals surface area contributed by atoms with Crippen LogP contribution in [0.3, 0.4) is 0 Å². The van der Waals surface area contributed by atoms with Gasteiger partial charge in [0, 0.05) is 16.5 Å². The third-order valence-electron chi connectivity index (χ3n) is 6.06. The molecule has 1 aliphatic rings. The van der Waals surface area contributed by atoms with Crippen LogP contribution in [0.25, 0.3) is 10.9 Å². The Morgan fingerprint density at radius 1 is 1.24 bits per heavy atom. The fourth-order valence-corrected chi connectivity index (χ4v) is 3.98. The van der Waals surface area contributed by atoms with Crippen LogP contribution in [-0.4, -0.2) is 50.3 Å². The minimum Gasteiger partial charge on any atom is -0.497 e. The van der Waals surface area contributed by atoms with Crippen LogP contribution in [0, 0.1) is 0 Å². The molecule has 29 heavy (non-hydrogen) atoms. The first kappa shape index (κ1) is 19.6. The third kappa shape index (κ3) is 3.53. The van der Waals surface area contributed by atoms with Crippen molar-refractivity contribution in [2.75, 3.05) is 20.2 Å². The lowest BCUT2D eigenvalue weighted by atomic mass is 9.99. The minimum absolute atomic E-state index is 0.108. The number of aromatic amines is 1. The van der Waals surface area contributed by atoms with Crippen LogP contribution < -0.4 is 10.3 Å². The molecule has 8 nitrogen and oxygen atoms in total. The molecule has 0 aliphatic carbocycles. The summed E-state index contributed by atoms with van der Waals surface area (Å²) in [6.45, 7) is 8.18. The van der Waals surface area contributed by atoms with Crippen LogP contribution in [0.1, 0.15) is 57.5 Å². The number of hydrogen-bond donors (Lipinski definition) is 1. The number of likely N-dealkylation sites (tertiary alicyclic amines) is 1. The van der Waals surface area contributed by atoms with Crippen molar-refractivity contribution in [3.05, 3.63) is 46.0 Å². The maximum atomic E-state index is 13.1. The zero-order chi connectivity index (χ0) is 20.6. The number of fused-ring (bicyclic) bond motifs is 1. The summed E-state index contributed by atoms with van der Waals surface area (Å²) in [5.41, 5.74) is 1.09. The summed E-state index contributed by atoms with van der Waals surface area (Å²) >= 11 is 0. The minimum atomic E-state index is -0.294. The fourth-order valence-electron chi connectivity index (χ4n) is 3.98. The van der Waals surface area contributed by atoms with Crippen LogP contribution in [0.15, 0.2) is 29.1 Å². The molecule has 2 aromatic heterocycles. The van der Waals surface area contributed by atoms with E-state index >= 15 is 0 Å². The van der Waals surface area contributed by atoms with Gasteiger partial charge in [-0.15, -0.1) is 5.10 Å². The number of rotatable bonds is 6. The molecule has 1 aliphatic heterocycles. The van der Waals surface area contributed by atoms with Gasteiger partial charge >= 0.3 is 0 Å². The van der Waals surface area contributed by atoms with E-state index in [2.05, 4.69) is 46.2 Å². The smallest absolute Gasteiger partial charge is 0.253 e. The Morgan fingerprint density at radius 3 is 2.69 bits per heavy atom. The van der Waals surface area contributed by atoms with Crippen molar-refractivity contribution in [3.8, 4) is 5.75 Å². The summed E-state index contributed by atoms with van der Waals surface area (Å²) in [6.07, 6.45) is 3.09. The Bertz CT molecular complexity index is 1060. The largest absolute Gasteiger partial charge is 0.497 e. The van der Waals surface area contributed by atoms with Gasteiger partial charge in [0.05, 0.1) is 12.6 Å². The lowest BCUT2D eigenvalue weighted by molar-refractivity contribution is 0.230. The zero-order valence-corrected chi connectivity index (χ0v) is 17.5. The van der Waals surface area contributed by atoms with E-state index in [1.807, 2.05) is 28.9 Å². The molecule has 1 saturated heterocycles. The van der Waals surface area contributed by atoms with E-state index in [0.717, 1.165) is 49.0 Å². The highest BCUT2D eigenvalue weighted by Gasteiger charge is 2.35. The molecule has 4 rings (SSSR count). The summed E-state index contributed by atoms with van der Waals surface area (Å²) in [6, 6.07) is 7.32. The van der Waals surface area contributed by atoms with E-state index in [1.165, 1.54) is 0 Å². The number of benzene rings is 1. The summed E-state index contributed by atoms with van der Waals surface area (Å²) in [5, 5.41) is 13.6. The zero-order valence-electron chi connectivity index (χ0n) is 17.5. The first-order chi connectivity index (χ1) is 13.9. The van der Waals surface area contributed by atoms with E-state index in [0.29, 0.717) is 11.4 Å². The van der Waals surface area contributed by atoms with Crippen molar-refractivity contribution < 1.29 is 4.74 Å². The van der Waals surface area contributed by atoms with Gasteiger partial charge in [0.15, 0.2) is 5.82 Å². The van der Waals surface area contributed by atoms with Gasteiger partial charge in [-0.1, -0.05) is 6.92 Å². The van der Waals surface area contributed by atoms with Crippen molar-refractivity contribution in [1.82, 2.24) is 30.1 Å². The average molecular weight is 396 g/mol. The Kier molecular flexibility index (Phi) is 5.12. The van der Waals surface area contributed by atoms with E-state index in [9.17, 15) is 4.79 Å². The molecular formula is C21H28N6O2. The fraction of sp³-hybridized carbons (Fsp3) is 0.524. The lowest BCUT2D eigenvalue weighted by Gasteiger charge is -2.30. The topological polar surface area (TPSA) is 88.9 Å². The number of hydrogen-bond acceptors (Lipinski definition) is 6. The molecule has 1 atom stereocenters. The quantitative estimate of drug-likeness (QED) is 0.689. The predicted molar refractivity (Wildman–Crippen MR) is 111 cm³/mol. The van der Waals surface area contributed by atoms with Gasteiger partial charge in [0.25, 0.3) is 5.56 Å². The number of pyridine rings is 1. The second kappa shape index (κ2) is 7.59. The van der Waals surface area contributed by atoms with Crippen molar-refractivity contribution in [1.29, 1.82) is 0 Å². The van der Waals surface area contributed by atoms with Crippen molar-refractivity contribution in [2.24, 2.45) is 0 Å². The molecule has 1 fully saturated rings. The molecule has 0 radical (unpaired) electrons. The predicted octanol–water partition coefficient (Wildman–Crippen LogP) is 2.85. The van der Waals surface area contributed by atoms with E-state index in [-0.39, 0.29) is 17.1 Å². The third-order valence-corrected chi connectivity index (χ3v) is 6.06. The molecule has 1 N–H and O–H groups in total. The highest BCUT2D eigenvalue weighted by molar-refractivity contribution is 5.80. The molecule has 0 saturated carbocycles. The van der Waals surface area contributed by atoms with Gasteiger partial charge in [-0.3, -0.25) is 9.69 Å².